The Balaban J connectivity index is 1.45. The van der Waals surface area contributed by atoms with E-state index in [1.54, 1.807) is 29.2 Å². The molecule has 30 heavy (non-hydrogen) atoms. The van der Waals surface area contributed by atoms with Crippen molar-refractivity contribution in [1.29, 1.82) is 5.26 Å². The molecule has 0 atom stereocenters. The van der Waals surface area contributed by atoms with Crippen LogP contribution in [0.15, 0.2) is 58.1 Å². The smallest absolute Gasteiger partial charge is 0.261 e. The van der Waals surface area contributed by atoms with Crippen molar-refractivity contribution in [2.24, 2.45) is 0 Å². The average molecular weight is 466 g/mol. The molecule has 1 fully saturated rings. The average Bonchev–Trinajstić information content (AvgIpc) is 3.02. The number of fused-ring (bicyclic) bond motifs is 1. The molecule has 2 aromatic carbocycles. The normalized spacial score (nSPS) is 14.4. The summed E-state index contributed by atoms with van der Waals surface area (Å²) in [7, 11) is 0. The van der Waals surface area contributed by atoms with Crippen molar-refractivity contribution in [1.82, 2.24) is 14.5 Å². The van der Waals surface area contributed by atoms with Gasteiger partial charge in [0.25, 0.3) is 5.56 Å². The second-order valence-corrected chi connectivity index (χ2v) is 8.13. The van der Waals surface area contributed by atoms with Gasteiger partial charge in [-0.25, -0.2) is 4.98 Å². The summed E-state index contributed by atoms with van der Waals surface area (Å²) in [6.07, 6.45) is 2.28. The van der Waals surface area contributed by atoms with Crippen LogP contribution in [-0.4, -0.2) is 46.5 Å². The van der Waals surface area contributed by atoms with Gasteiger partial charge in [-0.3, -0.25) is 14.2 Å². The molecule has 8 heteroatoms. The number of anilines is 1. The molecule has 1 aromatic heterocycles. The summed E-state index contributed by atoms with van der Waals surface area (Å²) >= 11 is 3.37. The number of amides is 1. The van der Waals surface area contributed by atoms with Crippen LogP contribution in [0, 0.1) is 11.3 Å². The van der Waals surface area contributed by atoms with Gasteiger partial charge < -0.3 is 9.80 Å². The molecule has 1 saturated heterocycles. The Morgan fingerprint density at radius 1 is 1.10 bits per heavy atom. The van der Waals surface area contributed by atoms with Crippen molar-refractivity contribution in [2.45, 2.75) is 13.0 Å². The molecule has 0 unspecified atom stereocenters. The minimum absolute atomic E-state index is 0.0227. The monoisotopic (exact) mass is 465 g/mol. The summed E-state index contributed by atoms with van der Waals surface area (Å²) in [6.45, 7) is 2.74. The van der Waals surface area contributed by atoms with Crippen LogP contribution in [0.5, 0.6) is 0 Å². The SMILES string of the molecule is N#Cc1ccc(N2CCCN(C(=O)Cn3cnc4ccc(Br)cc4c3=O)CC2)cc1. The van der Waals surface area contributed by atoms with Crippen molar-refractivity contribution in [3.05, 3.63) is 69.2 Å². The lowest BCUT2D eigenvalue weighted by atomic mass is 10.2. The maximum Gasteiger partial charge on any atom is 0.261 e. The number of halogens is 1. The molecule has 0 spiro atoms. The number of carbonyl (C=O) groups is 1. The van der Waals surface area contributed by atoms with E-state index in [0.717, 1.165) is 23.1 Å². The second kappa shape index (κ2) is 8.67. The van der Waals surface area contributed by atoms with Gasteiger partial charge in [-0.2, -0.15) is 5.26 Å². The lowest BCUT2D eigenvalue weighted by Crippen LogP contribution is -2.39. The highest BCUT2D eigenvalue weighted by molar-refractivity contribution is 9.10. The molecule has 7 nitrogen and oxygen atoms in total. The van der Waals surface area contributed by atoms with E-state index in [4.69, 9.17) is 5.26 Å². The molecule has 0 bridgehead atoms. The van der Waals surface area contributed by atoms with Gasteiger partial charge in [0.2, 0.25) is 5.91 Å². The van der Waals surface area contributed by atoms with Gasteiger partial charge in [0.15, 0.2) is 0 Å². The number of nitriles is 1. The van der Waals surface area contributed by atoms with Crippen molar-refractivity contribution < 1.29 is 4.79 Å². The lowest BCUT2D eigenvalue weighted by molar-refractivity contribution is -0.131. The van der Waals surface area contributed by atoms with E-state index in [-0.39, 0.29) is 18.0 Å². The van der Waals surface area contributed by atoms with Crippen molar-refractivity contribution in [2.75, 3.05) is 31.1 Å². The Hall–Kier alpha value is -3.18. The van der Waals surface area contributed by atoms with E-state index >= 15 is 0 Å². The largest absolute Gasteiger partial charge is 0.370 e. The van der Waals surface area contributed by atoms with E-state index in [1.165, 1.54) is 10.9 Å². The number of rotatable bonds is 3. The number of aromatic nitrogens is 2. The zero-order valence-corrected chi connectivity index (χ0v) is 17.9. The third-order valence-corrected chi connectivity index (χ3v) is 5.80. The maximum atomic E-state index is 12.9. The molecule has 1 amide bonds. The highest BCUT2D eigenvalue weighted by Gasteiger charge is 2.20. The highest BCUT2D eigenvalue weighted by atomic mass is 79.9. The first-order valence-electron chi connectivity index (χ1n) is 9.73. The molecule has 0 radical (unpaired) electrons. The Bertz CT molecular complexity index is 1180. The fraction of sp³-hybridized carbons (Fsp3) is 0.273. The fourth-order valence-corrected chi connectivity index (χ4v) is 4.02. The van der Waals surface area contributed by atoms with Gasteiger partial charge in [0.05, 0.1) is 28.9 Å². The van der Waals surface area contributed by atoms with Gasteiger partial charge in [-0.1, -0.05) is 15.9 Å². The van der Waals surface area contributed by atoms with Gasteiger partial charge in [-0.05, 0) is 48.9 Å². The molecule has 0 saturated carbocycles. The molecule has 4 rings (SSSR count). The van der Waals surface area contributed by atoms with E-state index in [0.29, 0.717) is 36.1 Å². The lowest BCUT2D eigenvalue weighted by Gasteiger charge is -2.24. The summed E-state index contributed by atoms with van der Waals surface area (Å²) in [4.78, 5) is 34.0. The fourth-order valence-electron chi connectivity index (χ4n) is 3.66. The topological polar surface area (TPSA) is 82.2 Å². The predicted molar refractivity (Wildman–Crippen MR) is 118 cm³/mol. The standard InChI is InChI=1S/C22H20BrN5O2/c23-17-4-7-20-19(12-17)22(30)28(15-25-20)14-21(29)27-9-1-8-26(10-11-27)18-5-2-16(13-24)3-6-18/h2-7,12,15H,1,8-11,14H2. The zero-order valence-electron chi connectivity index (χ0n) is 16.3. The Morgan fingerprint density at radius 2 is 1.90 bits per heavy atom. The molecule has 3 aromatic rings. The molecule has 2 heterocycles. The van der Waals surface area contributed by atoms with Crippen molar-refractivity contribution in [3.63, 3.8) is 0 Å². The first kappa shape index (κ1) is 20.1. The van der Waals surface area contributed by atoms with Crippen LogP contribution in [-0.2, 0) is 11.3 Å². The van der Waals surface area contributed by atoms with Crippen molar-refractivity contribution >= 4 is 38.4 Å². The Morgan fingerprint density at radius 3 is 2.67 bits per heavy atom. The molecule has 1 aliphatic rings. The maximum absolute atomic E-state index is 12.9. The van der Waals surface area contributed by atoms with Crippen LogP contribution >= 0.6 is 15.9 Å². The minimum atomic E-state index is -0.219. The predicted octanol–water partition coefficient (Wildman–Crippen LogP) is 2.77. The quantitative estimate of drug-likeness (QED) is 0.593. The highest BCUT2D eigenvalue weighted by Crippen LogP contribution is 2.18. The van der Waals surface area contributed by atoms with E-state index in [2.05, 4.69) is 31.9 Å². The van der Waals surface area contributed by atoms with Crippen LogP contribution in [0.25, 0.3) is 10.9 Å². The third-order valence-electron chi connectivity index (χ3n) is 5.30. The van der Waals surface area contributed by atoms with Crippen LogP contribution in [0.3, 0.4) is 0 Å². The van der Waals surface area contributed by atoms with Crippen LogP contribution < -0.4 is 10.5 Å². The molecule has 0 N–H and O–H groups in total. The van der Waals surface area contributed by atoms with Gasteiger partial charge in [0.1, 0.15) is 6.54 Å². The van der Waals surface area contributed by atoms with Gasteiger partial charge >= 0.3 is 0 Å². The van der Waals surface area contributed by atoms with E-state index < -0.39 is 0 Å². The van der Waals surface area contributed by atoms with Gasteiger partial charge in [0, 0.05) is 36.3 Å². The molecular weight excluding hydrogens is 446 g/mol. The second-order valence-electron chi connectivity index (χ2n) is 7.22. The molecular formula is C22H20BrN5O2. The summed E-state index contributed by atoms with van der Waals surface area (Å²) in [5, 5.41) is 9.44. The molecule has 152 valence electrons. The Kier molecular flexibility index (Phi) is 5.81. The summed E-state index contributed by atoms with van der Waals surface area (Å²) in [6, 6.07) is 15.0. The summed E-state index contributed by atoms with van der Waals surface area (Å²) in [5.74, 6) is -0.0880. The number of hydrogen-bond acceptors (Lipinski definition) is 5. The molecule has 0 aliphatic carbocycles. The first-order chi connectivity index (χ1) is 14.5. The number of nitrogens with zero attached hydrogens (tertiary/aromatic N) is 5. The first-order valence-corrected chi connectivity index (χ1v) is 10.5. The minimum Gasteiger partial charge on any atom is -0.370 e. The number of carbonyl (C=O) groups excluding carboxylic acids is 1. The third kappa shape index (κ3) is 4.21. The Labute approximate surface area is 182 Å². The van der Waals surface area contributed by atoms with Crippen LogP contribution in [0.2, 0.25) is 0 Å². The summed E-state index contributed by atoms with van der Waals surface area (Å²) < 4.78 is 2.17. The van der Waals surface area contributed by atoms with Gasteiger partial charge in [-0.15, -0.1) is 0 Å². The zero-order chi connectivity index (χ0) is 21.1. The van der Waals surface area contributed by atoms with Crippen molar-refractivity contribution in [3.8, 4) is 6.07 Å². The number of benzene rings is 2. The molecule has 1 aliphatic heterocycles. The van der Waals surface area contributed by atoms with Crippen LogP contribution in [0.4, 0.5) is 5.69 Å². The number of hydrogen-bond donors (Lipinski definition) is 0. The van der Waals surface area contributed by atoms with Crippen LogP contribution in [0.1, 0.15) is 12.0 Å². The summed E-state index contributed by atoms with van der Waals surface area (Å²) in [5.41, 5.74) is 2.07. The van der Waals surface area contributed by atoms with E-state index in [9.17, 15) is 9.59 Å². The van der Waals surface area contributed by atoms with E-state index in [1.807, 2.05) is 18.2 Å².